The summed E-state index contributed by atoms with van der Waals surface area (Å²) in [6.07, 6.45) is 2.15. The van der Waals surface area contributed by atoms with Crippen LogP contribution in [0.2, 0.25) is 0 Å². The first kappa shape index (κ1) is 23.1. The van der Waals surface area contributed by atoms with E-state index in [2.05, 4.69) is 5.32 Å². The number of hydrogen-bond acceptors (Lipinski definition) is 5. The molecule has 0 saturated heterocycles. The van der Waals surface area contributed by atoms with E-state index in [-0.39, 0.29) is 17.5 Å². The van der Waals surface area contributed by atoms with Crippen molar-refractivity contribution in [2.45, 2.75) is 19.0 Å². The third-order valence-electron chi connectivity index (χ3n) is 5.20. The van der Waals surface area contributed by atoms with Crippen LogP contribution in [-0.4, -0.2) is 38.4 Å². The first-order chi connectivity index (χ1) is 15.5. The molecule has 0 aliphatic carbocycles. The standard InChI is InChI=1S/C25H28N2O5/c1-30-15-14-27-17-20(8-13-24(27)28)25(29)26-23(19-6-11-22(32-3)12-7-19)16-18-4-9-21(31-2)10-5-18/h4-13,17,23H,14-16H2,1-3H3,(H,26,29)/t23-/m0/s1. The average Bonchev–Trinajstić information content (AvgIpc) is 2.83. The van der Waals surface area contributed by atoms with E-state index >= 15 is 0 Å². The van der Waals surface area contributed by atoms with Gasteiger partial charge in [0.25, 0.3) is 11.5 Å². The molecule has 0 spiro atoms. The SMILES string of the molecule is COCCn1cc(C(=O)N[C@@H](Cc2ccc(OC)cc2)c2ccc(OC)cc2)ccc1=O. The molecule has 1 atom stereocenters. The summed E-state index contributed by atoms with van der Waals surface area (Å²) in [5.41, 5.74) is 2.23. The van der Waals surface area contributed by atoms with Gasteiger partial charge in [-0.3, -0.25) is 9.59 Å². The second-order valence-electron chi connectivity index (χ2n) is 7.29. The Morgan fingerprint density at radius 3 is 2.12 bits per heavy atom. The number of carbonyl (C=O) groups excluding carboxylic acids is 1. The third kappa shape index (κ3) is 5.98. The second-order valence-corrected chi connectivity index (χ2v) is 7.29. The number of benzene rings is 2. The summed E-state index contributed by atoms with van der Waals surface area (Å²) in [6, 6.07) is 18.0. The van der Waals surface area contributed by atoms with Crippen molar-refractivity contribution in [3.05, 3.63) is 93.9 Å². The number of nitrogens with zero attached hydrogens (tertiary/aromatic N) is 1. The van der Waals surface area contributed by atoms with E-state index in [1.807, 2.05) is 48.5 Å². The number of pyridine rings is 1. The molecule has 0 radical (unpaired) electrons. The molecule has 0 unspecified atom stereocenters. The molecule has 3 rings (SSSR count). The van der Waals surface area contributed by atoms with E-state index in [1.165, 1.54) is 10.6 Å². The molecule has 32 heavy (non-hydrogen) atoms. The van der Waals surface area contributed by atoms with Crippen LogP contribution in [0.5, 0.6) is 11.5 Å². The molecule has 168 valence electrons. The molecule has 0 saturated carbocycles. The van der Waals surface area contributed by atoms with Crippen LogP contribution in [-0.2, 0) is 17.7 Å². The highest BCUT2D eigenvalue weighted by atomic mass is 16.5. The smallest absolute Gasteiger partial charge is 0.253 e. The van der Waals surface area contributed by atoms with Crippen LogP contribution in [0, 0.1) is 0 Å². The van der Waals surface area contributed by atoms with Crippen molar-refractivity contribution < 1.29 is 19.0 Å². The fraction of sp³-hybridized carbons (Fsp3) is 0.280. The Kier molecular flexibility index (Phi) is 8.05. The zero-order chi connectivity index (χ0) is 22.9. The van der Waals surface area contributed by atoms with Gasteiger partial charge in [-0.2, -0.15) is 0 Å². The first-order valence-corrected chi connectivity index (χ1v) is 10.3. The van der Waals surface area contributed by atoms with Crippen LogP contribution in [0.4, 0.5) is 0 Å². The van der Waals surface area contributed by atoms with E-state index in [0.717, 1.165) is 22.6 Å². The van der Waals surface area contributed by atoms with Gasteiger partial charge >= 0.3 is 0 Å². The molecule has 1 amide bonds. The van der Waals surface area contributed by atoms with Gasteiger partial charge < -0.3 is 24.1 Å². The maximum Gasteiger partial charge on any atom is 0.253 e. The van der Waals surface area contributed by atoms with E-state index in [9.17, 15) is 9.59 Å². The monoisotopic (exact) mass is 436 g/mol. The quantitative estimate of drug-likeness (QED) is 0.528. The van der Waals surface area contributed by atoms with Crippen molar-refractivity contribution >= 4 is 5.91 Å². The molecular formula is C25H28N2O5. The molecule has 3 aromatic rings. The zero-order valence-corrected chi connectivity index (χ0v) is 18.5. The van der Waals surface area contributed by atoms with Gasteiger partial charge in [-0.25, -0.2) is 0 Å². The molecular weight excluding hydrogens is 408 g/mol. The number of methoxy groups -OCH3 is 3. The van der Waals surface area contributed by atoms with Crippen molar-refractivity contribution in [3.63, 3.8) is 0 Å². The molecule has 1 heterocycles. The maximum atomic E-state index is 13.1. The molecule has 0 aliphatic heterocycles. The van der Waals surface area contributed by atoms with E-state index in [1.54, 1.807) is 33.6 Å². The van der Waals surface area contributed by atoms with Crippen molar-refractivity contribution in [3.8, 4) is 11.5 Å². The predicted molar refractivity (Wildman–Crippen MR) is 122 cm³/mol. The number of nitrogens with one attached hydrogen (secondary N) is 1. The normalized spacial score (nSPS) is 11.6. The Morgan fingerprint density at radius 2 is 1.53 bits per heavy atom. The molecule has 2 aromatic carbocycles. The van der Waals surface area contributed by atoms with Gasteiger partial charge in [0.05, 0.1) is 32.4 Å². The van der Waals surface area contributed by atoms with Crippen molar-refractivity contribution in [1.82, 2.24) is 9.88 Å². The summed E-state index contributed by atoms with van der Waals surface area (Å²) in [4.78, 5) is 25.1. The fourth-order valence-corrected chi connectivity index (χ4v) is 3.36. The molecule has 7 heteroatoms. The molecule has 0 aliphatic rings. The molecule has 0 bridgehead atoms. The lowest BCUT2D eigenvalue weighted by molar-refractivity contribution is 0.0935. The Morgan fingerprint density at radius 1 is 0.906 bits per heavy atom. The highest BCUT2D eigenvalue weighted by molar-refractivity contribution is 5.94. The summed E-state index contributed by atoms with van der Waals surface area (Å²) in [6.45, 7) is 0.765. The lowest BCUT2D eigenvalue weighted by Gasteiger charge is -2.20. The Labute approximate surface area is 187 Å². The highest BCUT2D eigenvalue weighted by Gasteiger charge is 2.18. The van der Waals surface area contributed by atoms with Crippen LogP contribution in [0.25, 0.3) is 0 Å². The molecule has 1 N–H and O–H groups in total. The Balaban J connectivity index is 1.85. The molecule has 7 nitrogen and oxygen atoms in total. The first-order valence-electron chi connectivity index (χ1n) is 10.3. The van der Waals surface area contributed by atoms with Gasteiger partial charge in [0.2, 0.25) is 0 Å². The zero-order valence-electron chi connectivity index (χ0n) is 18.5. The second kappa shape index (κ2) is 11.2. The van der Waals surface area contributed by atoms with Gasteiger partial charge in [-0.15, -0.1) is 0 Å². The van der Waals surface area contributed by atoms with Crippen LogP contribution in [0.15, 0.2) is 71.7 Å². The van der Waals surface area contributed by atoms with Crippen molar-refractivity contribution in [2.24, 2.45) is 0 Å². The minimum absolute atomic E-state index is 0.177. The largest absolute Gasteiger partial charge is 0.497 e. The number of aromatic nitrogens is 1. The van der Waals surface area contributed by atoms with Gasteiger partial charge in [-0.1, -0.05) is 24.3 Å². The van der Waals surface area contributed by atoms with Gasteiger partial charge in [0.15, 0.2) is 0 Å². The molecule has 0 fully saturated rings. The summed E-state index contributed by atoms with van der Waals surface area (Å²) < 4.78 is 17.0. The number of carbonyl (C=O) groups is 1. The number of ether oxygens (including phenoxy) is 3. The van der Waals surface area contributed by atoms with Gasteiger partial charge in [-0.05, 0) is 47.9 Å². The van der Waals surface area contributed by atoms with E-state index < -0.39 is 0 Å². The minimum Gasteiger partial charge on any atom is -0.497 e. The molecule has 1 aromatic heterocycles. The average molecular weight is 437 g/mol. The lowest BCUT2D eigenvalue weighted by atomic mass is 9.98. The topological polar surface area (TPSA) is 78.8 Å². The van der Waals surface area contributed by atoms with Crippen LogP contribution >= 0.6 is 0 Å². The minimum atomic E-state index is -0.277. The van der Waals surface area contributed by atoms with Crippen LogP contribution in [0.1, 0.15) is 27.5 Å². The number of hydrogen-bond donors (Lipinski definition) is 1. The number of amides is 1. The summed E-state index contributed by atoms with van der Waals surface area (Å²) in [5, 5.41) is 3.11. The predicted octanol–water partition coefficient (Wildman–Crippen LogP) is 3.23. The summed E-state index contributed by atoms with van der Waals surface area (Å²) >= 11 is 0. The van der Waals surface area contributed by atoms with Crippen LogP contribution < -0.4 is 20.3 Å². The Hall–Kier alpha value is -3.58. The van der Waals surface area contributed by atoms with Crippen molar-refractivity contribution in [2.75, 3.05) is 27.9 Å². The third-order valence-corrected chi connectivity index (χ3v) is 5.20. The lowest BCUT2D eigenvalue weighted by Crippen LogP contribution is -2.31. The highest BCUT2D eigenvalue weighted by Crippen LogP contribution is 2.23. The fourth-order valence-electron chi connectivity index (χ4n) is 3.36. The summed E-state index contributed by atoms with van der Waals surface area (Å²) in [7, 11) is 4.81. The number of rotatable bonds is 10. The van der Waals surface area contributed by atoms with E-state index in [4.69, 9.17) is 14.2 Å². The van der Waals surface area contributed by atoms with E-state index in [0.29, 0.717) is 25.1 Å². The maximum absolute atomic E-state index is 13.1. The van der Waals surface area contributed by atoms with Gasteiger partial charge in [0.1, 0.15) is 11.5 Å². The summed E-state index contributed by atoms with van der Waals surface area (Å²) in [5.74, 6) is 1.26. The van der Waals surface area contributed by atoms with Crippen LogP contribution in [0.3, 0.4) is 0 Å². The Bertz CT molecular complexity index is 1070. The van der Waals surface area contributed by atoms with Crippen molar-refractivity contribution in [1.29, 1.82) is 0 Å². The van der Waals surface area contributed by atoms with Gasteiger partial charge in [0, 0.05) is 25.9 Å².